The van der Waals surface area contributed by atoms with Gasteiger partial charge in [0.15, 0.2) is 0 Å². The van der Waals surface area contributed by atoms with Crippen molar-refractivity contribution in [3.05, 3.63) is 108 Å². The number of hydrogen-bond acceptors (Lipinski definition) is 14. The van der Waals surface area contributed by atoms with Crippen molar-refractivity contribution < 1.29 is 67.4 Å². The van der Waals surface area contributed by atoms with E-state index in [2.05, 4.69) is 21.3 Å². The predicted octanol–water partition coefficient (Wildman–Crippen LogP) is 4.71. The lowest BCUT2D eigenvalue weighted by atomic mass is 9.86. The van der Waals surface area contributed by atoms with E-state index in [0.29, 0.717) is 24.2 Å². The third-order valence-electron chi connectivity index (χ3n) is 21.7. The Morgan fingerprint density at radius 3 is 1.63 bits per heavy atom. The Morgan fingerprint density at radius 2 is 1.11 bits per heavy atom. The molecule has 0 unspecified atom stereocenters. The number of hydrogen-bond donors (Lipinski definition) is 5. The van der Waals surface area contributed by atoms with E-state index in [-0.39, 0.29) is 88.7 Å². The quantitative estimate of drug-likeness (QED) is 0.109. The minimum Gasteiger partial charge on any atom is -0.391 e. The van der Waals surface area contributed by atoms with Crippen molar-refractivity contribution >= 4 is 76.8 Å². The van der Waals surface area contributed by atoms with Gasteiger partial charge in [0.2, 0.25) is 76.8 Å². The molecule has 2 saturated heterocycles. The molecule has 2 aliphatic rings. The Labute approximate surface area is 646 Å². The maximum atomic E-state index is 15.7. The van der Waals surface area contributed by atoms with Crippen LogP contribution in [0.4, 0.5) is 0 Å². The molecule has 0 radical (unpaired) electrons. The first-order chi connectivity index (χ1) is 51.1. The Bertz CT molecular complexity index is 3600. The Kier molecular flexibility index (Phi) is 34.4. The molecule has 0 spiro atoms. The van der Waals surface area contributed by atoms with E-state index in [9.17, 15) is 48.3 Å². The SMILES string of the molecule is CC(C)C[C@H]1C(=O)N[C@@](C)([C@@H](C)O)CC(=O)N[C@H](C(=O)N(C)[C@@H](Cc2ccccc2)C(=O)N(C)[C@@H](Cc2ccccc2)C(=O)N[C@@H](C)C(=O)N2CCCCC2)CC(=O)N(C)CCC(=O)N(C)[C@@H](C)CC(=O)N(C)C[C@@H](Cc2ccccc2)C(=O)N[C@@H](C(C)C)C(=O)N(C)[C@@](C)(CC(C)C)C(=O)N(C)CCC(=O)N1C. The van der Waals surface area contributed by atoms with Gasteiger partial charge in [0.05, 0.1) is 30.4 Å². The number of likely N-dealkylation sites (tertiary alicyclic amines) is 1. The predicted molar refractivity (Wildman–Crippen MR) is 417 cm³/mol. The van der Waals surface area contributed by atoms with Crippen LogP contribution >= 0.6 is 0 Å². The number of carbonyl (C=O) groups excluding carboxylic acids is 13. The van der Waals surface area contributed by atoms with Gasteiger partial charge in [0.1, 0.15) is 41.8 Å². The third kappa shape index (κ3) is 25.7. The van der Waals surface area contributed by atoms with E-state index >= 15 is 19.2 Å². The minimum atomic E-state index is -1.83. The maximum Gasteiger partial charge on any atom is 0.248 e. The van der Waals surface area contributed by atoms with E-state index in [1.54, 1.807) is 101 Å². The van der Waals surface area contributed by atoms with Crippen molar-refractivity contribution in [3.63, 3.8) is 0 Å². The summed E-state index contributed by atoms with van der Waals surface area (Å²) < 4.78 is 0. The third-order valence-corrected chi connectivity index (χ3v) is 21.7. The molecule has 0 aliphatic carbocycles. The highest BCUT2D eigenvalue weighted by atomic mass is 16.3. The van der Waals surface area contributed by atoms with Crippen molar-refractivity contribution in [2.75, 3.05) is 89.1 Å². The molecule has 5 rings (SSSR count). The average molecular weight is 1520 g/mol. The molecule has 3 aromatic rings. The smallest absolute Gasteiger partial charge is 0.248 e. The van der Waals surface area contributed by atoms with Gasteiger partial charge in [-0.15, -0.1) is 0 Å². The van der Waals surface area contributed by atoms with Crippen LogP contribution in [0.25, 0.3) is 0 Å². The molecule has 0 aromatic heterocycles. The molecule has 2 heterocycles. The van der Waals surface area contributed by atoms with Gasteiger partial charge < -0.3 is 70.5 Å². The van der Waals surface area contributed by atoms with Crippen molar-refractivity contribution in [2.45, 2.75) is 219 Å². The topological polar surface area (TPSA) is 319 Å². The number of carbonyl (C=O) groups is 13. The van der Waals surface area contributed by atoms with Crippen LogP contribution in [0.2, 0.25) is 0 Å². The van der Waals surface area contributed by atoms with E-state index in [4.69, 9.17) is 0 Å². The standard InChI is InChI=1S/C82H125N13O14/c1-53(2)44-64-75(104)86-81(10,58(9)96)51-67(97)84-63(77(106)93(18)66(48-61-36-28-22-29-37-61)78(107)92(17)65(47-60-34-26-21-27-35-60)74(103)83-57(8)76(105)95-40-30-23-31-41-95)49-71(101)87(12)42-38-68(98)90(15)56(7)45-70(100)89(14)52-62(46-59-32-24-20-25-33-59)73(102)85-72(55(5)6)79(108)94(19)82(11,50-54(3)4)80(109)88(13)43-39-69(99)91(64)16/h20-22,24-29,32-37,53-58,62-66,72,96H,23,30-31,38-52H2,1-19H3,(H,83,103)(H,84,97)(H,85,102)(H,86,104)/t56-,57-,58+,62+,63-,64-,65-,66-,72-,81+,82-/m0/s1. The lowest BCUT2D eigenvalue weighted by molar-refractivity contribution is -0.154. The molecule has 5 N–H and O–H groups in total. The molecular weight excluding hydrogens is 1390 g/mol. The van der Waals surface area contributed by atoms with Gasteiger partial charge in [0.25, 0.3) is 0 Å². The molecule has 109 heavy (non-hydrogen) atoms. The first-order valence-electron chi connectivity index (χ1n) is 38.5. The largest absolute Gasteiger partial charge is 0.391 e. The van der Waals surface area contributed by atoms with E-state index in [0.717, 1.165) is 29.7 Å². The summed E-state index contributed by atoms with van der Waals surface area (Å²) >= 11 is 0. The normalized spacial score (nSPS) is 23.8. The van der Waals surface area contributed by atoms with Gasteiger partial charge in [-0.05, 0) is 108 Å². The van der Waals surface area contributed by atoms with Crippen LogP contribution in [0.5, 0.6) is 0 Å². The van der Waals surface area contributed by atoms with Gasteiger partial charge in [-0.1, -0.05) is 133 Å². The summed E-state index contributed by atoms with van der Waals surface area (Å²) in [6.45, 7) is 19.4. The van der Waals surface area contributed by atoms with Gasteiger partial charge in [0, 0.05) is 127 Å². The highest BCUT2D eigenvalue weighted by Gasteiger charge is 2.47. The van der Waals surface area contributed by atoms with Gasteiger partial charge >= 0.3 is 0 Å². The number of nitrogens with zero attached hydrogens (tertiary/aromatic N) is 9. The summed E-state index contributed by atoms with van der Waals surface area (Å²) in [5, 5.41) is 23.0. The molecule has 3 aromatic carbocycles. The molecule has 13 amide bonds. The average Bonchev–Trinajstić information content (AvgIpc) is 0.816. The van der Waals surface area contributed by atoms with Crippen LogP contribution in [0.3, 0.4) is 0 Å². The van der Waals surface area contributed by atoms with Crippen molar-refractivity contribution in [1.82, 2.24) is 65.4 Å². The highest BCUT2D eigenvalue weighted by molar-refractivity contribution is 5.98. The summed E-state index contributed by atoms with van der Waals surface area (Å²) in [5.41, 5.74) is -1.27. The lowest BCUT2D eigenvalue weighted by Crippen LogP contribution is -2.63. The van der Waals surface area contributed by atoms with Gasteiger partial charge in [-0.25, -0.2) is 0 Å². The second-order valence-corrected chi connectivity index (χ2v) is 31.9. The fourth-order valence-electron chi connectivity index (χ4n) is 14.1. The summed E-state index contributed by atoms with van der Waals surface area (Å²) in [7, 11) is 11.7. The van der Waals surface area contributed by atoms with E-state index in [1.807, 2.05) is 64.1 Å². The first kappa shape index (κ1) is 90.3. The molecule has 0 saturated carbocycles. The van der Waals surface area contributed by atoms with Crippen molar-refractivity contribution in [1.29, 1.82) is 0 Å². The van der Waals surface area contributed by atoms with E-state index in [1.165, 1.54) is 97.5 Å². The van der Waals surface area contributed by atoms with Crippen molar-refractivity contribution in [3.8, 4) is 0 Å². The fraction of sp³-hybridized carbons (Fsp3) is 0.622. The number of amides is 13. The van der Waals surface area contributed by atoms with Crippen LogP contribution in [0.1, 0.15) is 157 Å². The van der Waals surface area contributed by atoms with Crippen LogP contribution in [-0.2, 0) is 81.6 Å². The molecule has 602 valence electrons. The fourth-order valence-corrected chi connectivity index (χ4v) is 14.1. The molecular formula is C82H125N13O14. The van der Waals surface area contributed by atoms with Gasteiger partial charge in [-0.2, -0.15) is 0 Å². The Balaban J connectivity index is 1.59. The lowest BCUT2D eigenvalue weighted by Gasteiger charge is -2.43. The number of benzene rings is 3. The zero-order valence-electron chi connectivity index (χ0n) is 68.1. The highest BCUT2D eigenvalue weighted by Crippen LogP contribution is 2.29. The van der Waals surface area contributed by atoms with Crippen molar-refractivity contribution in [2.24, 2.45) is 23.7 Å². The number of likely N-dealkylation sites (N-methyl/N-ethyl adjacent to an activating group) is 5. The summed E-state index contributed by atoms with van der Waals surface area (Å²) in [6, 6.07) is 18.5. The van der Waals surface area contributed by atoms with Gasteiger partial charge in [-0.3, -0.25) is 62.3 Å². The molecule has 2 fully saturated rings. The molecule has 11 atom stereocenters. The number of aliphatic hydroxyl groups is 1. The number of aliphatic hydroxyl groups excluding tert-OH is 1. The zero-order chi connectivity index (χ0) is 81.5. The number of rotatable bonds is 19. The van der Waals surface area contributed by atoms with Crippen LogP contribution < -0.4 is 21.3 Å². The molecule has 27 nitrogen and oxygen atoms in total. The first-order valence-corrected chi connectivity index (χ1v) is 38.5. The van der Waals surface area contributed by atoms with Crippen LogP contribution in [0, 0.1) is 23.7 Å². The number of piperidine rings is 1. The summed E-state index contributed by atoms with van der Waals surface area (Å²) in [5.74, 6) is -9.61. The van der Waals surface area contributed by atoms with Crippen LogP contribution in [-0.4, -0.2) is 275 Å². The number of nitrogens with one attached hydrogen (secondary N) is 4. The van der Waals surface area contributed by atoms with Crippen LogP contribution in [0.15, 0.2) is 91.0 Å². The Morgan fingerprint density at radius 1 is 0.596 bits per heavy atom. The monoisotopic (exact) mass is 1520 g/mol. The second-order valence-electron chi connectivity index (χ2n) is 31.9. The second kappa shape index (κ2) is 41.5. The molecule has 2 aliphatic heterocycles. The Hall–Kier alpha value is -9.27. The molecule has 0 bridgehead atoms. The minimum absolute atomic E-state index is 0.00214. The summed E-state index contributed by atoms with van der Waals surface area (Å²) in [4.78, 5) is 204. The maximum absolute atomic E-state index is 15.7. The summed E-state index contributed by atoms with van der Waals surface area (Å²) in [6.07, 6.45) is -0.690. The molecule has 27 heteroatoms. The zero-order valence-corrected chi connectivity index (χ0v) is 68.1. The van der Waals surface area contributed by atoms with E-state index < -0.39 is 155 Å².